The lowest BCUT2D eigenvalue weighted by atomic mass is 10.0. The number of hydrogen-bond acceptors (Lipinski definition) is 7. The maximum Gasteiger partial charge on any atom is 0.352 e. The first-order valence-electron chi connectivity index (χ1n) is 10.1. The number of carboxylic acid groups (broad SMARTS) is 1. The van der Waals surface area contributed by atoms with Crippen LogP contribution >= 0.6 is 11.8 Å². The third-order valence-corrected chi connectivity index (χ3v) is 5.94. The average molecular weight is 465 g/mol. The summed E-state index contributed by atoms with van der Waals surface area (Å²) in [6.45, 7) is 5.57. The van der Waals surface area contributed by atoms with Gasteiger partial charge in [0.05, 0.1) is 26.6 Å². The van der Waals surface area contributed by atoms with Gasteiger partial charge in [-0.25, -0.2) is 4.79 Å². The van der Waals surface area contributed by atoms with E-state index in [1.165, 1.54) is 23.8 Å². The molecule has 2 atom stereocenters. The van der Waals surface area contributed by atoms with E-state index in [-0.39, 0.29) is 24.4 Å². The van der Waals surface area contributed by atoms with E-state index >= 15 is 0 Å². The normalized spacial score (nSPS) is 17.2. The lowest BCUT2D eigenvalue weighted by Crippen LogP contribution is -2.69. The Balaban J connectivity index is 2.13. The Morgan fingerprint density at radius 2 is 1.97 bits per heavy atom. The van der Waals surface area contributed by atoms with Gasteiger partial charge in [-0.3, -0.25) is 19.3 Å². The summed E-state index contributed by atoms with van der Waals surface area (Å²) in [5.74, 6) is -1.56. The van der Waals surface area contributed by atoms with Crippen molar-refractivity contribution < 1.29 is 33.8 Å². The number of amides is 2. The second-order valence-electron chi connectivity index (χ2n) is 7.25. The van der Waals surface area contributed by atoms with Gasteiger partial charge in [0.25, 0.3) is 5.91 Å². The molecule has 2 N–H and O–H groups in total. The number of carbonyl (C=O) groups is 4. The molecule has 0 spiro atoms. The molecule has 1 aliphatic heterocycles. The summed E-state index contributed by atoms with van der Waals surface area (Å²) >= 11 is 1.22. The molecule has 0 saturated carbocycles. The molecule has 1 saturated heterocycles. The van der Waals surface area contributed by atoms with Crippen molar-refractivity contribution in [3.05, 3.63) is 41.1 Å². The number of benzene rings is 1. The minimum absolute atomic E-state index is 0.0404. The molecule has 1 aromatic rings. The number of thioether (sulfide) groups is 1. The molecular weight excluding hydrogens is 436 g/mol. The Morgan fingerprint density at radius 1 is 1.25 bits per heavy atom. The van der Waals surface area contributed by atoms with E-state index in [2.05, 4.69) is 10.1 Å². The number of methoxy groups -OCH3 is 1. The number of carbonyl (C=O) groups excluding carboxylic acids is 3. The molecule has 32 heavy (non-hydrogen) atoms. The molecule has 2 rings (SSSR count). The summed E-state index contributed by atoms with van der Waals surface area (Å²) < 4.78 is 10.1. The van der Waals surface area contributed by atoms with Gasteiger partial charge in [-0.1, -0.05) is 12.1 Å². The number of aliphatic carboxylic acids is 1. The number of hydrogen-bond donors (Lipinski definition) is 2. The van der Waals surface area contributed by atoms with Crippen LogP contribution in [0.1, 0.15) is 32.8 Å². The maximum absolute atomic E-state index is 12.8. The van der Waals surface area contributed by atoms with Crippen LogP contribution in [-0.2, 0) is 30.3 Å². The average Bonchev–Trinajstić information content (AvgIpc) is 2.74. The van der Waals surface area contributed by atoms with E-state index in [0.29, 0.717) is 23.7 Å². The number of β-lactam (4-membered cyclic amide) rings is 1. The third-order valence-electron chi connectivity index (χ3n) is 4.67. The van der Waals surface area contributed by atoms with Crippen molar-refractivity contribution in [1.29, 1.82) is 0 Å². The largest absolute Gasteiger partial charge is 0.494 e. The molecule has 1 fully saturated rings. The fourth-order valence-electron chi connectivity index (χ4n) is 3.25. The smallest absolute Gasteiger partial charge is 0.352 e. The number of ether oxygens (including phenoxy) is 2. The lowest BCUT2D eigenvalue weighted by Gasteiger charge is -2.47. The number of nitrogens with one attached hydrogen (secondary N) is 1. The quantitative estimate of drug-likeness (QED) is 0.290. The van der Waals surface area contributed by atoms with Gasteiger partial charge in [-0.05, 0) is 44.0 Å². The van der Waals surface area contributed by atoms with E-state index in [1.807, 2.05) is 6.92 Å². The number of likely N-dealkylation sites (tertiary alicyclic amines) is 1. The molecule has 2 unspecified atom stereocenters. The van der Waals surface area contributed by atoms with Gasteiger partial charge < -0.3 is 19.9 Å². The molecule has 1 aliphatic rings. The number of esters is 1. The Kier molecular flexibility index (Phi) is 9.13. The zero-order valence-electron chi connectivity index (χ0n) is 18.5. The summed E-state index contributed by atoms with van der Waals surface area (Å²) in [4.78, 5) is 49.7. The molecule has 2 amide bonds. The van der Waals surface area contributed by atoms with Crippen LogP contribution in [0, 0.1) is 0 Å². The Labute approximate surface area is 191 Å². The van der Waals surface area contributed by atoms with Crippen molar-refractivity contribution in [3.8, 4) is 5.75 Å². The summed E-state index contributed by atoms with van der Waals surface area (Å²) in [7, 11) is 1.28. The van der Waals surface area contributed by atoms with E-state index < -0.39 is 29.3 Å². The third kappa shape index (κ3) is 6.25. The topological polar surface area (TPSA) is 122 Å². The van der Waals surface area contributed by atoms with Gasteiger partial charge in [0.1, 0.15) is 22.9 Å². The van der Waals surface area contributed by atoms with Crippen LogP contribution in [0.5, 0.6) is 5.75 Å². The van der Waals surface area contributed by atoms with Crippen LogP contribution in [0.3, 0.4) is 0 Å². The van der Waals surface area contributed by atoms with Crippen molar-refractivity contribution in [3.63, 3.8) is 0 Å². The van der Waals surface area contributed by atoms with Crippen LogP contribution in [0.15, 0.2) is 35.5 Å². The molecule has 174 valence electrons. The van der Waals surface area contributed by atoms with Gasteiger partial charge in [0, 0.05) is 5.75 Å². The summed E-state index contributed by atoms with van der Waals surface area (Å²) in [5.41, 5.74) is 1.06. The van der Waals surface area contributed by atoms with Crippen molar-refractivity contribution >= 4 is 35.5 Å². The minimum Gasteiger partial charge on any atom is -0.494 e. The second kappa shape index (κ2) is 11.6. The monoisotopic (exact) mass is 464 g/mol. The number of nitrogens with zero attached hydrogens (tertiary/aromatic N) is 1. The lowest BCUT2D eigenvalue weighted by molar-refractivity contribution is -0.150. The van der Waals surface area contributed by atoms with Crippen molar-refractivity contribution in [2.75, 3.05) is 19.5 Å². The predicted octanol–water partition coefficient (Wildman–Crippen LogP) is 1.96. The van der Waals surface area contributed by atoms with Crippen LogP contribution in [0.25, 0.3) is 0 Å². The first kappa shape index (κ1) is 25.3. The van der Waals surface area contributed by atoms with Crippen LogP contribution in [-0.4, -0.2) is 64.6 Å². The first-order chi connectivity index (χ1) is 15.2. The highest BCUT2D eigenvalue weighted by molar-refractivity contribution is 8.00. The molecule has 0 aliphatic carbocycles. The van der Waals surface area contributed by atoms with Crippen molar-refractivity contribution in [2.45, 2.75) is 45.0 Å². The van der Waals surface area contributed by atoms with Gasteiger partial charge in [-0.15, -0.1) is 11.8 Å². The minimum atomic E-state index is -1.23. The fraction of sp³-hybridized carbons (Fsp3) is 0.455. The number of allylic oxidation sites excluding steroid dienone is 1. The highest BCUT2D eigenvalue weighted by Gasteiger charge is 2.51. The molecule has 0 radical (unpaired) electrons. The van der Waals surface area contributed by atoms with Crippen molar-refractivity contribution in [2.24, 2.45) is 0 Å². The van der Waals surface area contributed by atoms with E-state index in [1.54, 1.807) is 38.1 Å². The highest BCUT2D eigenvalue weighted by Crippen LogP contribution is 2.35. The Morgan fingerprint density at radius 3 is 2.56 bits per heavy atom. The van der Waals surface area contributed by atoms with Crippen molar-refractivity contribution in [1.82, 2.24) is 10.2 Å². The van der Waals surface area contributed by atoms with Gasteiger partial charge >= 0.3 is 11.9 Å². The maximum atomic E-state index is 12.8. The van der Waals surface area contributed by atoms with Gasteiger partial charge in [-0.2, -0.15) is 0 Å². The number of rotatable bonds is 11. The SMILES string of the molecule is CCOc1cccc(CC(=O)NC2C(=O)N(C(C(=O)O)=C(C)C)C2SCCC(=O)OC)c1. The van der Waals surface area contributed by atoms with E-state index in [4.69, 9.17) is 4.74 Å². The van der Waals surface area contributed by atoms with E-state index in [9.17, 15) is 24.3 Å². The van der Waals surface area contributed by atoms with Crippen LogP contribution in [0.4, 0.5) is 0 Å². The zero-order chi connectivity index (χ0) is 23.8. The Bertz CT molecular complexity index is 911. The summed E-state index contributed by atoms with van der Waals surface area (Å²) in [6, 6.07) is 6.22. The van der Waals surface area contributed by atoms with E-state index in [0.717, 1.165) is 5.56 Å². The fourth-order valence-corrected chi connectivity index (χ4v) is 4.51. The molecule has 1 aromatic carbocycles. The summed E-state index contributed by atoms with van der Waals surface area (Å²) in [5, 5.41) is 11.6. The number of carboxylic acids is 1. The molecular formula is C22H28N2O7S. The standard InChI is InChI=1S/C22H28N2O7S/c1-5-31-15-8-6-7-14(11-15)12-16(25)23-18-20(27)24(19(13(2)3)22(28)29)21(18)32-10-9-17(26)30-4/h6-8,11,18,21H,5,9-10,12H2,1-4H3,(H,23,25)(H,28,29). The van der Waals surface area contributed by atoms with Crippen LogP contribution in [0.2, 0.25) is 0 Å². The predicted molar refractivity (Wildman–Crippen MR) is 119 cm³/mol. The van der Waals surface area contributed by atoms with Gasteiger partial charge in [0.2, 0.25) is 5.91 Å². The molecule has 1 heterocycles. The molecule has 0 bridgehead atoms. The molecule has 9 nitrogen and oxygen atoms in total. The first-order valence-corrected chi connectivity index (χ1v) is 11.2. The zero-order valence-corrected chi connectivity index (χ0v) is 19.4. The summed E-state index contributed by atoms with van der Waals surface area (Å²) in [6.07, 6.45) is 0.139. The molecule has 10 heteroatoms. The van der Waals surface area contributed by atoms with Gasteiger partial charge in [0.15, 0.2) is 0 Å². The Hall–Kier alpha value is -3.01. The molecule has 0 aromatic heterocycles. The second-order valence-corrected chi connectivity index (χ2v) is 8.48. The highest BCUT2D eigenvalue weighted by atomic mass is 32.2. The van der Waals surface area contributed by atoms with Crippen LogP contribution < -0.4 is 10.1 Å².